The second-order valence-corrected chi connectivity index (χ2v) is 5.48. The lowest BCUT2D eigenvalue weighted by atomic mass is 10.0. The molecule has 0 fully saturated rings. The highest BCUT2D eigenvalue weighted by atomic mass is 16.5. The fourth-order valence-corrected chi connectivity index (χ4v) is 2.69. The van der Waals surface area contributed by atoms with Crippen molar-refractivity contribution in [1.29, 1.82) is 0 Å². The summed E-state index contributed by atoms with van der Waals surface area (Å²) in [7, 11) is 1.58. The Hall–Kier alpha value is -2.93. The summed E-state index contributed by atoms with van der Waals surface area (Å²) in [6, 6.07) is 8.67. The van der Waals surface area contributed by atoms with Gasteiger partial charge in [0.05, 0.1) is 24.9 Å². The highest BCUT2D eigenvalue weighted by Gasteiger charge is 2.23. The van der Waals surface area contributed by atoms with Gasteiger partial charge < -0.3 is 9.64 Å². The number of hydrogen-bond donors (Lipinski definition) is 2. The Labute approximate surface area is 138 Å². The van der Waals surface area contributed by atoms with E-state index >= 15 is 0 Å². The maximum atomic E-state index is 12.6. The highest BCUT2D eigenvalue weighted by molar-refractivity contribution is 5.95. The summed E-state index contributed by atoms with van der Waals surface area (Å²) in [5, 5.41) is 8.68. The van der Waals surface area contributed by atoms with Crippen molar-refractivity contribution < 1.29 is 19.5 Å². The van der Waals surface area contributed by atoms with Gasteiger partial charge in [-0.1, -0.05) is 0 Å². The van der Waals surface area contributed by atoms with Gasteiger partial charge in [-0.15, -0.1) is 0 Å². The minimum absolute atomic E-state index is 0.0673. The van der Waals surface area contributed by atoms with Gasteiger partial charge in [0.15, 0.2) is 0 Å². The first-order valence-electron chi connectivity index (χ1n) is 7.48. The lowest BCUT2D eigenvalue weighted by Crippen LogP contribution is -2.36. The third-order valence-corrected chi connectivity index (χ3v) is 4.04. The van der Waals surface area contributed by atoms with Gasteiger partial charge in [0, 0.05) is 18.3 Å². The molecule has 1 aliphatic heterocycles. The third kappa shape index (κ3) is 3.07. The minimum atomic E-state index is -0.595. The van der Waals surface area contributed by atoms with Crippen LogP contribution in [0.2, 0.25) is 0 Å². The largest absolute Gasteiger partial charge is 0.497 e. The van der Waals surface area contributed by atoms with Gasteiger partial charge in [0.25, 0.3) is 11.8 Å². The molecular weight excluding hydrogens is 310 g/mol. The molecule has 1 aliphatic rings. The van der Waals surface area contributed by atoms with Gasteiger partial charge in [-0.05, 0) is 42.3 Å². The van der Waals surface area contributed by atoms with Crippen LogP contribution >= 0.6 is 0 Å². The molecule has 0 saturated heterocycles. The maximum Gasteiger partial charge on any atom is 0.276 e. The molecule has 3 rings (SSSR count). The molecule has 2 N–H and O–H groups in total. The van der Waals surface area contributed by atoms with Crippen molar-refractivity contribution in [2.75, 3.05) is 13.7 Å². The van der Waals surface area contributed by atoms with E-state index in [1.54, 1.807) is 47.8 Å². The van der Waals surface area contributed by atoms with E-state index in [1.807, 2.05) is 0 Å². The number of hydroxylamine groups is 1. The highest BCUT2D eigenvalue weighted by Crippen LogP contribution is 2.21. The molecule has 0 aliphatic carbocycles. The average molecular weight is 327 g/mol. The third-order valence-electron chi connectivity index (χ3n) is 4.04. The van der Waals surface area contributed by atoms with Gasteiger partial charge in [0.2, 0.25) is 0 Å². The van der Waals surface area contributed by atoms with Gasteiger partial charge in [-0.25, -0.2) is 5.48 Å². The summed E-state index contributed by atoms with van der Waals surface area (Å²) in [6.45, 7) is 0.935. The van der Waals surface area contributed by atoms with Gasteiger partial charge in [-0.3, -0.25) is 19.8 Å². The number of pyridine rings is 1. The zero-order chi connectivity index (χ0) is 17.1. The van der Waals surface area contributed by atoms with Crippen molar-refractivity contribution in [2.45, 2.75) is 13.0 Å². The molecule has 1 aromatic heterocycles. The second-order valence-electron chi connectivity index (χ2n) is 5.48. The summed E-state index contributed by atoms with van der Waals surface area (Å²) in [4.78, 5) is 30.0. The smallest absolute Gasteiger partial charge is 0.276 e. The Balaban J connectivity index is 1.76. The maximum absolute atomic E-state index is 12.6. The quantitative estimate of drug-likeness (QED) is 0.657. The first-order chi connectivity index (χ1) is 11.6. The van der Waals surface area contributed by atoms with Crippen molar-refractivity contribution in [3.05, 3.63) is 58.9 Å². The van der Waals surface area contributed by atoms with E-state index in [-0.39, 0.29) is 5.91 Å². The number of fused-ring (bicyclic) bond motifs is 1. The number of amides is 2. The standard InChI is InChI=1S/C17H17N3O4/c1-24-14-4-2-11(3-5-14)17(22)20-7-6-12-8-13(16(21)19-23)9-18-15(12)10-20/h2-5,8-9,23H,6-7,10H2,1H3,(H,19,21). The van der Waals surface area contributed by atoms with Crippen molar-refractivity contribution in [3.8, 4) is 5.75 Å². The molecule has 124 valence electrons. The molecule has 2 aromatic rings. The SMILES string of the molecule is COc1ccc(C(=O)N2CCc3cc(C(=O)NO)cnc3C2)cc1. The Morgan fingerprint density at radius 3 is 2.67 bits per heavy atom. The number of methoxy groups -OCH3 is 1. The summed E-state index contributed by atoms with van der Waals surface area (Å²) in [5.41, 5.74) is 4.16. The van der Waals surface area contributed by atoms with Crippen LogP contribution < -0.4 is 10.2 Å². The number of hydrogen-bond acceptors (Lipinski definition) is 5. The molecule has 2 amide bonds. The summed E-state index contributed by atoms with van der Waals surface area (Å²) < 4.78 is 5.10. The predicted molar refractivity (Wildman–Crippen MR) is 84.9 cm³/mol. The lowest BCUT2D eigenvalue weighted by molar-refractivity contribution is 0.0701. The molecule has 0 radical (unpaired) electrons. The molecule has 7 nitrogen and oxygen atoms in total. The number of benzene rings is 1. The molecule has 7 heteroatoms. The van der Waals surface area contributed by atoms with Crippen LogP contribution in [0, 0.1) is 0 Å². The monoisotopic (exact) mass is 327 g/mol. The molecule has 0 atom stereocenters. The lowest BCUT2D eigenvalue weighted by Gasteiger charge is -2.28. The number of nitrogens with one attached hydrogen (secondary N) is 1. The molecule has 2 heterocycles. The zero-order valence-electron chi connectivity index (χ0n) is 13.2. The number of carbonyl (C=O) groups excluding carboxylic acids is 2. The topological polar surface area (TPSA) is 91.8 Å². The number of carbonyl (C=O) groups is 2. The molecule has 1 aromatic carbocycles. The van der Waals surface area contributed by atoms with Crippen LogP contribution in [0.1, 0.15) is 32.0 Å². The van der Waals surface area contributed by atoms with E-state index in [0.29, 0.717) is 36.4 Å². The number of rotatable bonds is 3. The zero-order valence-corrected chi connectivity index (χ0v) is 13.2. The molecule has 0 saturated carbocycles. The van der Waals surface area contributed by atoms with E-state index in [0.717, 1.165) is 11.3 Å². The number of ether oxygens (including phenoxy) is 1. The summed E-state index contributed by atoms with van der Waals surface area (Å²) in [5.74, 6) is 0.0382. The van der Waals surface area contributed by atoms with E-state index < -0.39 is 5.91 Å². The van der Waals surface area contributed by atoms with Gasteiger partial charge in [-0.2, -0.15) is 0 Å². The first-order valence-corrected chi connectivity index (χ1v) is 7.48. The van der Waals surface area contributed by atoms with Crippen molar-refractivity contribution >= 4 is 11.8 Å². The number of nitrogens with zero attached hydrogens (tertiary/aromatic N) is 2. The van der Waals surface area contributed by atoms with Crippen LogP contribution in [0.4, 0.5) is 0 Å². The second kappa shape index (κ2) is 6.67. The van der Waals surface area contributed by atoms with Crippen LogP contribution in [0.5, 0.6) is 5.75 Å². The molecule has 0 unspecified atom stereocenters. The molecule has 0 bridgehead atoms. The van der Waals surface area contributed by atoms with Crippen molar-refractivity contribution in [1.82, 2.24) is 15.4 Å². The molecule has 0 spiro atoms. The van der Waals surface area contributed by atoms with Crippen LogP contribution in [0.3, 0.4) is 0 Å². The average Bonchev–Trinajstić information content (AvgIpc) is 2.66. The summed E-state index contributed by atoms with van der Waals surface area (Å²) in [6.07, 6.45) is 2.00. The van der Waals surface area contributed by atoms with Gasteiger partial charge >= 0.3 is 0 Å². The van der Waals surface area contributed by atoms with Crippen LogP contribution in [0.25, 0.3) is 0 Å². The van der Waals surface area contributed by atoms with Crippen LogP contribution in [-0.4, -0.2) is 40.6 Å². The normalized spacial score (nSPS) is 13.2. The summed E-state index contributed by atoms with van der Waals surface area (Å²) >= 11 is 0. The van der Waals surface area contributed by atoms with E-state index in [9.17, 15) is 9.59 Å². The fraction of sp³-hybridized carbons (Fsp3) is 0.235. The van der Waals surface area contributed by atoms with Crippen LogP contribution in [0.15, 0.2) is 36.5 Å². The Morgan fingerprint density at radius 1 is 1.25 bits per heavy atom. The number of aromatic nitrogens is 1. The van der Waals surface area contributed by atoms with E-state index in [2.05, 4.69) is 4.98 Å². The van der Waals surface area contributed by atoms with E-state index in [1.165, 1.54) is 6.20 Å². The van der Waals surface area contributed by atoms with Crippen molar-refractivity contribution in [3.63, 3.8) is 0 Å². The first kappa shape index (κ1) is 15.9. The Kier molecular flexibility index (Phi) is 4.43. The Morgan fingerprint density at radius 2 is 2.00 bits per heavy atom. The van der Waals surface area contributed by atoms with Gasteiger partial charge in [0.1, 0.15) is 5.75 Å². The van der Waals surface area contributed by atoms with Crippen molar-refractivity contribution in [2.24, 2.45) is 0 Å². The molecular formula is C17H17N3O4. The Bertz CT molecular complexity index is 774. The fourth-order valence-electron chi connectivity index (χ4n) is 2.69. The van der Waals surface area contributed by atoms with Crippen LogP contribution in [-0.2, 0) is 13.0 Å². The van der Waals surface area contributed by atoms with E-state index in [4.69, 9.17) is 9.94 Å². The predicted octanol–water partition coefficient (Wildman–Crippen LogP) is 1.41. The molecule has 24 heavy (non-hydrogen) atoms. The minimum Gasteiger partial charge on any atom is -0.497 e.